The summed E-state index contributed by atoms with van der Waals surface area (Å²) in [6.07, 6.45) is 2.88. The molecular formula is C9H14BrNO. The van der Waals surface area contributed by atoms with Gasteiger partial charge in [-0.05, 0) is 43.1 Å². The molecule has 0 aromatic carbocycles. The third-order valence-corrected chi connectivity index (χ3v) is 2.60. The van der Waals surface area contributed by atoms with Crippen LogP contribution < -0.4 is 0 Å². The van der Waals surface area contributed by atoms with Crippen molar-refractivity contribution in [3.05, 3.63) is 10.6 Å². The molecule has 0 atom stereocenters. The highest BCUT2D eigenvalue weighted by atomic mass is 79.9. The molecule has 1 rings (SSSR count). The first-order chi connectivity index (χ1) is 5.43. The lowest BCUT2D eigenvalue weighted by atomic mass is 10.0. The van der Waals surface area contributed by atoms with Gasteiger partial charge in [0.25, 0.3) is 5.91 Å². The number of amides is 1. The third-order valence-electron chi connectivity index (χ3n) is 1.94. The van der Waals surface area contributed by atoms with Gasteiger partial charge in [0, 0.05) is 12.1 Å². The number of hydrogen-bond donors (Lipinski definition) is 0. The van der Waals surface area contributed by atoms with E-state index in [1.54, 1.807) is 0 Å². The predicted octanol–water partition coefficient (Wildman–Crippen LogP) is 2.30. The quantitative estimate of drug-likeness (QED) is 0.627. The first-order valence-corrected chi connectivity index (χ1v) is 4.90. The van der Waals surface area contributed by atoms with Gasteiger partial charge in [-0.15, -0.1) is 0 Å². The molecule has 0 spiro atoms. The highest BCUT2D eigenvalue weighted by Gasteiger charge is 2.29. The minimum absolute atomic E-state index is 0.0651. The predicted molar refractivity (Wildman–Crippen MR) is 53.1 cm³/mol. The van der Waals surface area contributed by atoms with Crippen LogP contribution in [0.15, 0.2) is 10.6 Å². The lowest BCUT2D eigenvalue weighted by Crippen LogP contribution is -2.47. The zero-order chi connectivity index (χ0) is 9.35. The van der Waals surface area contributed by atoms with Crippen LogP contribution in [0.2, 0.25) is 0 Å². The van der Waals surface area contributed by atoms with Crippen LogP contribution in [0.5, 0.6) is 0 Å². The number of hydrogen-bond acceptors (Lipinski definition) is 1. The standard InChI is InChI=1S/C9H14BrNO/c1-9(2,3)11-6-4-5-7(10)8(11)12/h5H,4,6H2,1-3H3. The van der Waals surface area contributed by atoms with Crippen molar-refractivity contribution >= 4 is 21.8 Å². The van der Waals surface area contributed by atoms with Crippen molar-refractivity contribution in [2.45, 2.75) is 32.7 Å². The highest BCUT2D eigenvalue weighted by molar-refractivity contribution is 9.12. The number of carbonyl (C=O) groups excluding carboxylic acids is 1. The van der Waals surface area contributed by atoms with Gasteiger partial charge in [0.2, 0.25) is 0 Å². The largest absolute Gasteiger partial charge is 0.333 e. The molecule has 1 aliphatic heterocycles. The smallest absolute Gasteiger partial charge is 0.261 e. The van der Waals surface area contributed by atoms with E-state index >= 15 is 0 Å². The van der Waals surface area contributed by atoms with Gasteiger partial charge in [-0.25, -0.2) is 0 Å². The molecule has 0 fully saturated rings. The van der Waals surface area contributed by atoms with Crippen molar-refractivity contribution in [3.8, 4) is 0 Å². The van der Waals surface area contributed by atoms with Crippen molar-refractivity contribution in [1.82, 2.24) is 4.90 Å². The van der Waals surface area contributed by atoms with Crippen LogP contribution in [-0.2, 0) is 4.79 Å². The van der Waals surface area contributed by atoms with Crippen LogP contribution in [0.3, 0.4) is 0 Å². The molecule has 0 aromatic rings. The topological polar surface area (TPSA) is 20.3 Å². The van der Waals surface area contributed by atoms with E-state index in [0.717, 1.165) is 13.0 Å². The fourth-order valence-electron chi connectivity index (χ4n) is 1.28. The highest BCUT2D eigenvalue weighted by Crippen LogP contribution is 2.23. The Labute approximate surface area is 81.8 Å². The molecule has 2 nitrogen and oxygen atoms in total. The van der Waals surface area contributed by atoms with Crippen molar-refractivity contribution in [1.29, 1.82) is 0 Å². The molecule has 0 unspecified atom stereocenters. The Kier molecular flexibility index (Phi) is 2.61. The van der Waals surface area contributed by atoms with Crippen molar-refractivity contribution < 1.29 is 4.79 Å². The number of halogens is 1. The van der Waals surface area contributed by atoms with E-state index in [9.17, 15) is 4.79 Å². The first kappa shape index (κ1) is 9.78. The molecule has 12 heavy (non-hydrogen) atoms. The van der Waals surface area contributed by atoms with E-state index in [2.05, 4.69) is 36.7 Å². The average Bonchev–Trinajstić information content (AvgIpc) is 1.92. The Hall–Kier alpha value is -0.310. The summed E-state index contributed by atoms with van der Waals surface area (Å²) in [7, 11) is 0. The molecular weight excluding hydrogens is 218 g/mol. The van der Waals surface area contributed by atoms with Crippen LogP contribution in [-0.4, -0.2) is 22.9 Å². The Bertz CT molecular complexity index is 227. The Balaban J connectivity index is 2.83. The summed E-state index contributed by atoms with van der Waals surface area (Å²) in [6.45, 7) is 6.99. The third kappa shape index (κ3) is 1.89. The maximum absolute atomic E-state index is 11.6. The second kappa shape index (κ2) is 3.21. The summed E-state index contributed by atoms with van der Waals surface area (Å²) < 4.78 is 0.698. The van der Waals surface area contributed by atoms with Gasteiger partial charge in [-0.3, -0.25) is 4.79 Å². The van der Waals surface area contributed by atoms with E-state index in [0.29, 0.717) is 4.48 Å². The van der Waals surface area contributed by atoms with E-state index in [1.807, 2.05) is 11.0 Å². The lowest BCUT2D eigenvalue weighted by Gasteiger charge is -2.37. The van der Waals surface area contributed by atoms with E-state index < -0.39 is 0 Å². The van der Waals surface area contributed by atoms with E-state index in [1.165, 1.54) is 0 Å². The number of carbonyl (C=O) groups is 1. The molecule has 0 saturated heterocycles. The minimum Gasteiger partial charge on any atom is -0.333 e. The van der Waals surface area contributed by atoms with Gasteiger partial charge >= 0.3 is 0 Å². The summed E-state index contributed by atoms with van der Waals surface area (Å²) in [5, 5.41) is 0. The lowest BCUT2D eigenvalue weighted by molar-refractivity contribution is -0.131. The normalized spacial score (nSPS) is 19.5. The zero-order valence-corrected chi connectivity index (χ0v) is 9.31. The molecule has 1 amide bonds. The van der Waals surface area contributed by atoms with Gasteiger partial charge in [0.15, 0.2) is 0 Å². The molecule has 0 bridgehead atoms. The van der Waals surface area contributed by atoms with Gasteiger partial charge in [0.1, 0.15) is 0 Å². The molecule has 0 saturated carbocycles. The average molecular weight is 232 g/mol. The monoisotopic (exact) mass is 231 g/mol. The zero-order valence-electron chi connectivity index (χ0n) is 7.72. The molecule has 0 aromatic heterocycles. The number of rotatable bonds is 0. The Morgan fingerprint density at radius 1 is 1.50 bits per heavy atom. The van der Waals surface area contributed by atoms with Gasteiger partial charge in [0.05, 0.1) is 4.48 Å². The minimum atomic E-state index is -0.0651. The van der Waals surface area contributed by atoms with Crippen LogP contribution in [0.1, 0.15) is 27.2 Å². The molecule has 0 radical (unpaired) electrons. The van der Waals surface area contributed by atoms with Crippen molar-refractivity contribution in [2.75, 3.05) is 6.54 Å². The fourth-order valence-corrected chi connectivity index (χ4v) is 1.72. The first-order valence-electron chi connectivity index (χ1n) is 4.10. The second-order valence-electron chi connectivity index (χ2n) is 3.97. The summed E-state index contributed by atoms with van der Waals surface area (Å²) in [4.78, 5) is 13.5. The van der Waals surface area contributed by atoms with Crippen molar-refractivity contribution in [2.24, 2.45) is 0 Å². The molecule has 0 aliphatic carbocycles. The van der Waals surface area contributed by atoms with Gasteiger partial charge in [-0.1, -0.05) is 6.08 Å². The van der Waals surface area contributed by atoms with Crippen LogP contribution in [0, 0.1) is 0 Å². The summed E-state index contributed by atoms with van der Waals surface area (Å²) >= 11 is 3.26. The van der Waals surface area contributed by atoms with E-state index in [-0.39, 0.29) is 11.4 Å². The molecule has 1 heterocycles. The number of nitrogens with zero attached hydrogens (tertiary/aromatic N) is 1. The summed E-state index contributed by atoms with van der Waals surface area (Å²) in [5.41, 5.74) is -0.0651. The van der Waals surface area contributed by atoms with Crippen molar-refractivity contribution in [3.63, 3.8) is 0 Å². The second-order valence-corrected chi connectivity index (χ2v) is 4.82. The summed E-state index contributed by atoms with van der Waals surface area (Å²) in [6, 6.07) is 0. The maximum Gasteiger partial charge on any atom is 0.261 e. The molecule has 68 valence electrons. The molecule has 1 aliphatic rings. The molecule has 0 N–H and O–H groups in total. The van der Waals surface area contributed by atoms with E-state index in [4.69, 9.17) is 0 Å². The Morgan fingerprint density at radius 3 is 2.50 bits per heavy atom. The fraction of sp³-hybridized carbons (Fsp3) is 0.667. The van der Waals surface area contributed by atoms with Crippen LogP contribution in [0.25, 0.3) is 0 Å². The van der Waals surface area contributed by atoms with Gasteiger partial charge in [-0.2, -0.15) is 0 Å². The maximum atomic E-state index is 11.6. The summed E-state index contributed by atoms with van der Waals surface area (Å²) in [5.74, 6) is 0.105. The van der Waals surface area contributed by atoms with Crippen LogP contribution >= 0.6 is 15.9 Å². The SMILES string of the molecule is CC(C)(C)N1CCC=C(Br)C1=O. The molecule has 3 heteroatoms. The van der Waals surface area contributed by atoms with Crippen LogP contribution in [0.4, 0.5) is 0 Å². The van der Waals surface area contributed by atoms with Gasteiger partial charge < -0.3 is 4.90 Å². The Morgan fingerprint density at radius 2 is 2.08 bits per heavy atom.